The predicted octanol–water partition coefficient (Wildman–Crippen LogP) is 1.09. The number of anilines is 1. The van der Waals surface area contributed by atoms with Crippen LogP contribution in [0.25, 0.3) is 11.0 Å². The smallest absolute Gasteiger partial charge is 0.405 e. The molecule has 1 aromatic heterocycles. The summed E-state index contributed by atoms with van der Waals surface area (Å²) in [6, 6.07) is 6.10. The van der Waals surface area contributed by atoms with Crippen LogP contribution >= 0.6 is 0 Å². The maximum Gasteiger partial charge on any atom is 0.405 e. The summed E-state index contributed by atoms with van der Waals surface area (Å²) in [5, 5.41) is 11.1. The van der Waals surface area contributed by atoms with Gasteiger partial charge in [0.05, 0.1) is 23.3 Å². The summed E-state index contributed by atoms with van der Waals surface area (Å²) in [4.78, 5) is 19.9. The zero-order chi connectivity index (χ0) is 15.7. The predicted molar refractivity (Wildman–Crippen MR) is 85.3 cm³/mol. The van der Waals surface area contributed by atoms with Gasteiger partial charge in [-0.25, -0.2) is 9.78 Å². The van der Waals surface area contributed by atoms with Crippen molar-refractivity contribution in [3.8, 4) is 0 Å². The second kappa shape index (κ2) is 5.84. The maximum absolute atomic E-state index is 10.7. The van der Waals surface area contributed by atoms with Gasteiger partial charge in [0, 0.05) is 33.2 Å². The lowest BCUT2D eigenvalue weighted by Gasteiger charge is -2.34. The molecule has 1 aliphatic rings. The minimum absolute atomic E-state index is 0.211. The van der Waals surface area contributed by atoms with Crippen molar-refractivity contribution >= 4 is 22.8 Å². The Hall–Kier alpha value is -2.28. The number of likely N-dealkylation sites (N-methyl/N-ethyl adjacent to an activating group) is 1. The van der Waals surface area contributed by atoms with Gasteiger partial charge in [0.2, 0.25) is 0 Å². The van der Waals surface area contributed by atoms with Crippen LogP contribution in [0.4, 0.5) is 10.5 Å². The number of carboxylic acid groups (broad SMARTS) is 1. The molecule has 1 aliphatic heterocycles. The van der Waals surface area contributed by atoms with Crippen molar-refractivity contribution in [3.05, 3.63) is 24.0 Å². The summed E-state index contributed by atoms with van der Waals surface area (Å²) in [5.41, 5.74) is 3.14. The fraction of sp³-hybridized carbons (Fsp3) is 0.467. The van der Waals surface area contributed by atoms with E-state index in [1.54, 1.807) is 0 Å². The third kappa shape index (κ3) is 2.71. The topological polar surface area (TPSA) is 73.6 Å². The monoisotopic (exact) mass is 303 g/mol. The number of fused-ring (bicyclic) bond motifs is 1. The van der Waals surface area contributed by atoms with Gasteiger partial charge in [0.1, 0.15) is 5.82 Å². The Morgan fingerprint density at radius 2 is 2.00 bits per heavy atom. The van der Waals surface area contributed by atoms with Gasteiger partial charge in [0.15, 0.2) is 0 Å². The van der Waals surface area contributed by atoms with Crippen molar-refractivity contribution in [1.82, 2.24) is 19.8 Å². The molecule has 118 valence electrons. The number of nitrogens with zero attached hydrogens (tertiary/aromatic N) is 4. The van der Waals surface area contributed by atoms with Gasteiger partial charge in [-0.3, -0.25) is 0 Å². The molecule has 2 heterocycles. The van der Waals surface area contributed by atoms with Crippen LogP contribution in [0.5, 0.6) is 0 Å². The van der Waals surface area contributed by atoms with Gasteiger partial charge in [-0.05, 0) is 19.2 Å². The van der Waals surface area contributed by atoms with E-state index in [0.29, 0.717) is 0 Å². The zero-order valence-electron chi connectivity index (χ0n) is 12.9. The Morgan fingerprint density at radius 1 is 1.27 bits per heavy atom. The molecule has 22 heavy (non-hydrogen) atoms. The Balaban J connectivity index is 1.95. The SMILES string of the molecule is CN1CCN(c2cccc3nc(CNC(=O)O)n(C)c23)CC1. The van der Waals surface area contributed by atoms with Gasteiger partial charge in [-0.15, -0.1) is 0 Å². The van der Waals surface area contributed by atoms with Crippen molar-refractivity contribution in [2.75, 3.05) is 38.1 Å². The van der Waals surface area contributed by atoms with Crippen LogP contribution in [-0.4, -0.2) is 58.9 Å². The number of para-hydroxylation sites is 1. The van der Waals surface area contributed by atoms with Crippen molar-refractivity contribution in [1.29, 1.82) is 0 Å². The standard InChI is InChI=1S/C15H21N5O2/c1-18-6-8-20(9-7-18)12-5-3-4-11-14(12)19(2)13(17-11)10-16-15(21)22/h3-5,16H,6-10H2,1-2H3,(H,21,22). The minimum Gasteiger partial charge on any atom is -0.465 e. The Labute approximate surface area is 129 Å². The highest BCUT2D eigenvalue weighted by molar-refractivity contribution is 5.89. The van der Waals surface area contributed by atoms with Crippen molar-refractivity contribution in [2.24, 2.45) is 7.05 Å². The molecule has 2 aromatic rings. The highest BCUT2D eigenvalue weighted by atomic mass is 16.4. The first-order valence-electron chi connectivity index (χ1n) is 7.41. The van der Waals surface area contributed by atoms with E-state index < -0.39 is 6.09 Å². The molecule has 2 N–H and O–H groups in total. The zero-order valence-corrected chi connectivity index (χ0v) is 12.9. The lowest BCUT2D eigenvalue weighted by molar-refractivity contribution is 0.193. The number of amides is 1. The van der Waals surface area contributed by atoms with E-state index in [0.717, 1.165) is 43.0 Å². The largest absolute Gasteiger partial charge is 0.465 e. The molecule has 1 fully saturated rings. The first-order chi connectivity index (χ1) is 10.6. The molecular weight excluding hydrogens is 282 g/mol. The third-order valence-electron chi connectivity index (χ3n) is 4.21. The first kappa shape index (κ1) is 14.6. The Kier molecular flexibility index (Phi) is 3.89. The maximum atomic E-state index is 10.7. The number of benzene rings is 1. The number of hydrogen-bond acceptors (Lipinski definition) is 4. The molecular formula is C15H21N5O2. The highest BCUT2D eigenvalue weighted by Gasteiger charge is 2.19. The normalized spacial score (nSPS) is 16.2. The number of imidazole rings is 1. The second-order valence-corrected chi connectivity index (χ2v) is 5.68. The summed E-state index contributed by atoms with van der Waals surface area (Å²) < 4.78 is 1.99. The number of aryl methyl sites for hydroxylation is 1. The van der Waals surface area contributed by atoms with E-state index in [1.165, 1.54) is 5.69 Å². The number of aromatic nitrogens is 2. The van der Waals surface area contributed by atoms with Crippen LogP contribution in [0.15, 0.2) is 18.2 Å². The van der Waals surface area contributed by atoms with E-state index in [2.05, 4.69) is 33.2 Å². The average molecular weight is 303 g/mol. The number of piperazine rings is 1. The molecule has 0 saturated carbocycles. The summed E-state index contributed by atoms with van der Waals surface area (Å²) in [6.45, 7) is 4.28. The van der Waals surface area contributed by atoms with E-state index in [9.17, 15) is 4.79 Å². The fourth-order valence-electron chi connectivity index (χ4n) is 2.91. The summed E-state index contributed by atoms with van der Waals surface area (Å²) >= 11 is 0. The van der Waals surface area contributed by atoms with E-state index >= 15 is 0 Å². The average Bonchev–Trinajstić information content (AvgIpc) is 2.83. The lowest BCUT2D eigenvalue weighted by atomic mass is 10.2. The number of carbonyl (C=O) groups is 1. The fourth-order valence-corrected chi connectivity index (χ4v) is 2.91. The quantitative estimate of drug-likeness (QED) is 0.888. The van der Waals surface area contributed by atoms with Crippen molar-refractivity contribution in [3.63, 3.8) is 0 Å². The van der Waals surface area contributed by atoms with Crippen molar-refractivity contribution in [2.45, 2.75) is 6.54 Å². The third-order valence-corrected chi connectivity index (χ3v) is 4.21. The molecule has 0 unspecified atom stereocenters. The van der Waals surface area contributed by atoms with Gasteiger partial charge < -0.3 is 24.8 Å². The van der Waals surface area contributed by atoms with Crippen LogP contribution in [0.2, 0.25) is 0 Å². The summed E-state index contributed by atoms with van der Waals surface area (Å²) in [5.74, 6) is 0.721. The highest BCUT2D eigenvalue weighted by Crippen LogP contribution is 2.28. The van der Waals surface area contributed by atoms with Gasteiger partial charge in [-0.1, -0.05) is 6.07 Å². The molecule has 7 nitrogen and oxygen atoms in total. The van der Waals surface area contributed by atoms with Crippen LogP contribution in [0.3, 0.4) is 0 Å². The summed E-state index contributed by atoms with van der Waals surface area (Å²) in [7, 11) is 4.07. The number of rotatable bonds is 3. The van der Waals surface area contributed by atoms with Crippen LogP contribution in [0.1, 0.15) is 5.82 Å². The molecule has 0 atom stereocenters. The van der Waals surface area contributed by atoms with Gasteiger partial charge in [-0.2, -0.15) is 0 Å². The molecule has 7 heteroatoms. The van der Waals surface area contributed by atoms with Crippen LogP contribution in [0, 0.1) is 0 Å². The van der Waals surface area contributed by atoms with E-state index in [4.69, 9.17) is 5.11 Å². The van der Waals surface area contributed by atoms with Gasteiger partial charge in [0.25, 0.3) is 0 Å². The first-order valence-corrected chi connectivity index (χ1v) is 7.41. The molecule has 1 amide bonds. The molecule has 0 spiro atoms. The molecule has 0 aliphatic carbocycles. The van der Waals surface area contributed by atoms with Crippen molar-refractivity contribution < 1.29 is 9.90 Å². The summed E-state index contributed by atoms with van der Waals surface area (Å²) in [6.07, 6.45) is -1.04. The van der Waals surface area contributed by atoms with Crippen LogP contribution in [-0.2, 0) is 13.6 Å². The molecule has 3 rings (SSSR count). The molecule has 0 bridgehead atoms. The Bertz CT molecular complexity index is 689. The Morgan fingerprint density at radius 3 is 2.68 bits per heavy atom. The number of hydrogen-bond donors (Lipinski definition) is 2. The number of nitrogens with one attached hydrogen (secondary N) is 1. The molecule has 0 radical (unpaired) electrons. The van der Waals surface area contributed by atoms with Crippen LogP contribution < -0.4 is 10.2 Å². The van der Waals surface area contributed by atoms with Gasteiger partial charge >= 0.3 is 6.09 Å². The lowest BCUT2D eigenvalue weighted by Crippen LogP contribution is -2.44. The second-order valence-electron chi connectivity index (χ2n) is 5.68. The van der Waals surface area contributed by atoms with E-state index in [1.807, 2.05) is 23.7 Å². The van der Waals surface area contributed by atoms with E-state index in [-0.39, 0.29) is 6.54 Å². The molecule has 1 aromatic carbocycles. The minimum atomic E-state index is -1.04. The molecule has 1 saturated heterocycles.